The number of pyridine rings is 1. The lowest BCUT2D eigenvalue weighted by atomic mass is 10.3. The van der Waals surface area contributed by atoms with Crippen molar-refractivity contribution in [1.29, 1.82) is 0 Å². The van der Waals surface area contributed by atoms with E-state index in [1.165, 1.54) is 6.92 Å². The summed E-state index contributed by atoms with van der Waals surface area (Å²) in [5.74, 6) is 1.37. The number of amides is 1. The van der Waals surface area contributed by atoms with Crippen LogP contribution in [0.1, 0.15) is 12.5 Å². The topological polar surface area (TPSA) is 69.6 Å². The molecule has 1 aromatic heterocycles. The SMILES string of the molecule is CC(=O)Nc1ccc(CNC2=NCCN2C)cn1. The monoisotopic (exact) mass is 247 g/mol. The lowest BCUT2D eigenvalue weighted by molar-refractivity contribution is -0.114. The van der Waals surface area contributed by atoms with Gasteiger partial charge in [0.15, 0.2) is 5.96 Å². The van der Waals surface area contributed by atoms with Crippen LogP contribution in [0.2, 0.25) is 0 Å². The van der Waals surface area contributed by atoms with E-state index in [2.05, 4.69) is 25.5 Å². The Morgan fingerprint density at radius 2 is 2.33 bits per heavy atom. The Morgan fingerprint density at radius 1 is 1.50 bits per heavy atom. The predicted octanol–water partition coefficient (Wildman–Crippen LogP) is 0.431. The highest BCUT2D eigenvalue weighted by Crippen LogP contribution is 2.05. The molecule has 2 N–H and O–H groups in total. The molecule has 0 bridgehead atoms. The quantitative estimate of drug-likeness (QED) is 0.812. The molecule has 2 rings (SSSR count). The number of hydrogen-bond acceptors (Lipinski definition) is 5. The van der Waals surface area contributed by atoms with Crippen LogP contribution in [-0.4, -0.2) is 41.9 Å². The Bertz CT molecular complexity index is 454. The summed E-state index contributed by atoms with van der Waals surface area (Å²) < 4.78 is 0. The van der Waals surface area contributed by atoms with Gasteiger partial charge in [-0.15, -0.1) is 0 Å². The Kier molecular flexibility index (Phi) is 3.76. The average Bonchev–Trinajstić information content (AvgIpc) is 2.73. The first-order valence-corrected chi connectivity index (χ1v) is 5.87. The van der Waals surface area contributed by atoms with Gasteiger partial charge in [-0.1, -0.05) is 6.07 Å². The van der Waals surface area contributed by atoms with Gasteiger partial charge < -0.3 is 15.5 Å². The Hall–Kier alpha value is -2.11. The van der Waals surface area contributed by atoms with E-state index in [1.54, 1.807) is 12.3 Å². The normalized spacial score (nSPS) is 14.3. The maximum Gasteiger partial charge on any atom is 0.222 e. The number of nitrogens with zero attached hydrogens (tertiary/aromatic N) is 3. The van der Waals surface area contributed by atoms with Crippen molar-refractivity contribution in [1.82, 2.24) is 15.2 Å². The van der Waals surface area contributed by atoms with E-state index >= 15 is 0 Å². The fraction of sp³-hybridized carbons (Fsp3) is 0.417. The first kappa shape index (κ1) is 12.3. The molecule has 0 unspecified atom stereocenters. The molecule has 0 aromatic carbocycles. The van der Waals surface area contributed by atoms with Crippen molar-refractivity contribution in [2.75, 3.05) is 25.5 Å². The first-order valence-electron chi connectivity index (χ1n) is 5.87. The van der Waals surface area contributed by atoms with Crippen LogP contribution in [0, 0.1) is 0 Å². The zero-order chi connectivity index (χ0) is 13.0. The molecule has 0 fully saturated rings. The van der Waals surface area contributed by atoms with Crippen molar-refractivity contribution in [2.24, 2.45) is 4.99 Å². The van der Waals surface area contributed by atoms with Gasteiger partial charge in [-0.25, -0.2) is 4.98 Å². The van der Waals surface area contributed by atoms with Crippen LogP contribution >= 0.6 is 0 Å². The molecule has 0 spiro atoms. The molecule has 0 saturated heterocycles. The number of hydrogen-bond donors (Lipinski definition) is 2. The Labute approximate surface area is 106 Å². The van der Waals surface area contributed by atoms with Crippen molar-refractivity contribution in [3.05, 3.63) is 23.9 Å². The maximum atomic E-state index is 10.8. The van der Waals surface area contributed by atoms with Crippen LogP contribution in [0.5, 0.6) is 0 Å². The minimum atomic E-state index is -0.115. The van der Waals surface area contributed by atoms with Crippen molar-refractivity contribution in [2.45, 2.75) is 13.5 Å². The molecule has 1 aliphatic rings. The summed E-state index contributed by atoms with van der Waals surface area (Å²) in [4.78, 5) is 21.4. The fourth-order valence-corrected chi connectivity index (χ4v) is 1.69. The highest BCUT2D eigenvalue weighted by atomic mass is 16.1. The number of guanidine groups is 1. The number of carbonyl (C=O) groups is 1. The number of nitrogens with one attached hydrogen (secondary N) is 2. The molecule has 2 heterocycles. The molecular formula is C12H17N5O. The van der Waals surface area contributed by atoms with E-state index in [0.29, 0.717) is 12.4 Å². The second-order valence-corrected chi connectivity index (χ2v) is 4.21. The van der Waals surface area contributed by atoms with Gasteiger partial charge in [0.05, 0.1) is 6.54 Å². The molecule has 6 nitrogen and oxygen atoms in total. The largest absolute Gasteiger partial charge is 0.352 e. The third-order valence-corrected chi connectivity index (χ3v) is 2.64. The molecule has 18 heavy (non-hydrogen) atoms. The maximum absolute atomic E-state index is 10.8. The third kappa shape index (κ3) is 3.19. The van der Waals surface area contributed by atoms with Crippen LogP contribution < -0.4 is 10.6 Å². The van der Waals surface area contributed by atoms with Gasteiger partial charge in [0, 0.05) is 33.3 Å². The molecule has 6 heteroatoms. The predicted molar refractivity (Wildman–Crippen MR) is 70.3 cm³/mol. The minimum absolute atomic E-state index is 0.115. The molecule has 0 atom stereocenters. The van der Waals surface area contributed by atoms with Crippen LogP contribution in [0.25, 0.3) is 0 Å². The summed E-state index contributed by atoms with van der Waals surface area (Å²) in [6, 6.07) is 3.72. The van der Waals surface area contributed by atoms with Crippen LogP contribution in [0.15, 0.2) is 23.3 Å². The van der Waals surface area contributed by atoms with Crippen molar-refractivity contribution < 1.29 is 4.79 Å². The summed E-state index contributed by atoms with van der Waals surface area (Å²) >= 11 is 0. The summed E-state index contributed by atoms with van der Waals surface area (Å²) in [6.07, 6.45) is 1.74. The summed E-state index contributed by atoms with van der Waals surface area (Å²) in [7, 11) is 2.01. The molecule has 96 valence electrons. The number of rotatable bonds is 3. The van der Waals surface area contributed by atoms with Crippen molar-refractivity contribution in [3.63, 3.8) is 0 Å². The molecule has 0 saturated carbocycles. The lowest BCUT2D eigenvalue weighted by Crippen LogP contribution is -2.35. The highest BCUT2D eigenvalue weighted by Gasteiger charge is 2.11. The van der Waals surface area contributed by atoms with E-state index in [-0.39, 0.29) is 5.91 Å². The summed E-state index contributed by atoms with van der Waals surface area (Å²) in [5, 5.41) is 5.89. The number of aromatic nitrogens is 1. The summed E-state index contributed by atoms with van der Waals surface area (Å²) in [6.45, 7) is 3.95. The van der Waals surface area contributed by atoms with Gasteiger partial charge >= 0.3 is 0 Å². The zero-order valence-corrected chi connectivity index (χ0v) is 10.6. The van der Waals surface area contributed by atoms with Gasteiger partial charge in [0.2, 0.25) is 5.91 Å². The number of aliphatic imine (C=N–C) groups is 1. The average molecular weight is 247 g/mol. The van der Waals surface area contributed by atoms with E-state index in [4.69, 9.17) is 0 Å². The highest BCUT2D eigenvalue weighted by molar-refractivity contribution is 5.87. The Balaban J connectivity index is 1.88. The van der Waals surface area contributed by atoms with Crippen molar-refractivity contribution >= 4 is 17.7 Å². The van der Waals surface area contributed by atoms with Gasteiger partial charge in [0.1, 0.15) is 5.82 Å². The number of anilines is 1. The minimum Gasteiger partial charge on any atom is -0.352 e. The van der Waals surface area contributed by atoms with Gasteiger partial charge in [-0.3, -0.25) is 9.79 Å². The molecule has 1 amide bonds. The zero-order valence-electron chi connectivity index (χ0n) is 10.6. The standard InChI is InChI=1S/C12H17N5O/c1-9(18)16-11-4-3-10(7-14-11)8-15-12-13-5-6-17(12)2/h3-4,7H,5-6,8H2,1-2H3,(H,13,15)(H,14,16,18). The molecule has 0 radical (unpaired) electrons. The molecular weight excluding hydrogens is 230 g/mol. The number of carbonyl (C=O) groups excluding carboxylic acids is 1. The second-order valence-electron chi connectivity index (χ2n) is 4.21. The van der Waals surface area contributed by atoms with Gasteiger partial charge in [-0.2, -0.15) is 0 Å². The van der Waals surface area contributed by atoms with E-state index in [1.807, 2.05) is 13.1 Å². The lowest BCUT2D eigenvalue weighted by Gasteiger charge is -2.15. The first-order chi connectivity index (χ1) is 8.65. The van der Waals surface area contributed by atoms with Crippen LogP contribution in [0.3, 0.4) is 0 Å². The van der Waals surface area contributed by atoms with Gasteiger partial charge in [0.25, 0.3) is 0 Å². The van der Waals surface area contributed by atoms with Crippen molar-refractivity contribution in [3.8, 4) is 0 Å². The van der Waals surface area contributed by atoms with Crippen LogP contribution in [0.4, 0.5) is 5.82 Å². The van der Waals surface area contributed by atoms with Crippen LogP contribution in [-0.2, 0) is 11.3 Å². The van der Waals surface area contributed by atoms with E-state index in [9.17, 15) is 4.79 Å². The molecule has 1 aromatic rings. The third-order valence-electron chi connectivity index (χ3n) is 2.64. The summed E-state index contributed by atoms with van der Waals surface area (Å²) in [5.41, 5.74) is 1.05. The van der Waals surface area contributed by atoms with Gasteiger partial charge in [-0.05, 0) is 11.6 Å². The van der Waals surface area contributed by atoms with E-state index < -0.39 is 0 Å². The molecule has 1 aliphatic heterocycles. The number of likely N-dealkylation sites (N-methyl/N-ethyl adjacent to an activating group) is 1. The fourth-order valence-electron chi connectivity index (χ4n) is 1.69. The smallest absolute Gasteiger partial charge is 0.222 e. The molecule has 0 aliphatic carbocycles. The van der Waals surface area contributed by atoms with E-state index in [0.717, 1.165) is 24.6 Å². The Morgan fingerprint density at radius 3 is 2.89 bits per heavy atom. The second kappa shape index (κ2) is 5.48.